The predicted octanol–water partition coefficient (Wildman–Crippen LogP) is 0.428. The van der Waals surface area contributed by atoms with E-state index in [4.69, 9.17) is 9.84 Å². The number of piperidine rings is 1. The molecule has 0 amide bonds. The lowest BCUT2D eigenvalue weighted by Crippen LogP contribution is -2.45. The van der Waals surface area contributed by atoms with Crippen molar-refractivity contribution in [1.82, 2.24) is 4.90 Å². The molecule has 1 N–H and O–H groups in total. The summed E-state index contributed by atoms with van der Waals surface area (Å²) in [6, 6.07) is 0.389. The molecule has 4 nitrogen and oxygen atoms in total. The summed E-state index contributed by atoms with van der Waals surface area (Å²) in [5, 5.41) is 8.81. The number of aliphatic carboxylic acids is 1. The first kappa shape index (κ1) is 10.5. The molecule has 13 heavy (non-hydrogen) atoms. The number of likely N-dealkylation sites (tertiary alicyclic amines) is 1. The van der Waals surface area contributed by atoms with Crippen LogP contribution in [-0.2, 0) is 9.53 Å². The molecule has 0 aromatic carbocycles. The number of methoxy groups -OCH3 is 1. The molecule has 0 saturated carbocycles. The first-order valence-electron chi connectivity index (χ1n) is 4.57. The summed E-state index contributed by atoms with van der Waals surface area (Å²) >= 11 is 0. The van der Waals surface area contributed by atoms with E-state index in [0.717, 1.165) is 12.8 Å². The number of rotatable bonds is 3. The maximum atomic E-state index is 10.7. The number of nitrogens with zero attached hydrogens (tertiary/aromatic N) is 1. The van der Waals surface area contributed by atoms with Gasteiger partial charge in [0.25, 0.3) is 0 Å². The van der Waals surface area contributed by atoms with Crippen LogP contribution < -0.4 is 0 Å². The van der Waals surface area contributed by atoms with Gasteiger partial charge in [-0.3, -0.25) is 4.79 Å². The number of carbonyl (C=O) groups is 1. The van der Waals surface area contributed by atoms with Crippen LogP contribution in [-0.4, -0.2) is 49.3 Å². The number of hydrogen-bond acceptors (Lipinski definition) is 3. The zero-order chi connectivity index (χ0) is 9.84. The molecular weight excluding hydrogens is 170 g/mol. The van der Waals surface area contributed by atoms with E-state index >= 15 is 0 Å². The number of carboxylic acid groups (broad SMARTS) is 1. The molecule has 0 aliphatic carbocycles. The zero-order valence-corrected chi connectivity index (χ0v) is 8.19. The van der Waals surface area contributed by atoms with Crippen LogP contribution in [0.4, 0.5) is 0 Å². The van der Waals surface area contributed by atoms with Gasteiger partial charge in [0, 0.05) is 19.7 Å². The quantitative estimate of drug-likeness (QED) is 0.696. The Hall–Kier alpha value is -0.610. The summed E-state index contributed by atoms with van der Waals surface area (Å²) in [6.07, 6.45) is 1.69. The largest absolute Gasteiger partial charge is 0.481 e. The first-order chi connectivity index (χ1) is 6.15. The molecule has 2 atom stereocenters. The summed E-state index contributed by atoms with van der Waals surface area (Å²) in [6.45, 7) is 1.34. The van der Waals surface area contributed by atoms with Crippen LogP contribution in [0.2, 0.25) is 0 Å². The van der Waals surface area contributed by atoms with Crippen LogP contribution in [0, 0.1) is 5.92 Å². The minimum atomic E-state index is -0.678. The topological polar surface area (TPSA) is 49.8 Å². The van der Waals surface area contributed by atoms with Gasteiger partial charge in [0.2, 0.25) is 0 Å². The molecule has 4 heteroatoms. The van der Waals surface area contributed by atoms with E-state index in [9.17, 15) is 4.79 Å². The molecule has 0 bridgehead atoms. The number of hydrogen-bond donors (Lipinski definition) is 1. The van der Waals surface area contributed by atoms with Crippen LogP contribution in [0.1, 0.15) is 12.8 Å². The van der Waals surface area contributed by atoms with Crippen molar-refractivity contribution in [3.63, 3.8) is 0 Å². The van der Waals surface area contributed by atoms with Crippen molar-refractivity contribution in [3.05, 3.63) is 0 Å². The van der Waals surface area contributed by atoms with Crippen molar-refractivity contribution < 1.29 is 14.6 Å². The predicted molar refractivity (Wildman–Crippen MR) is 48.7 cm³/mol. The van der Waals surface area contributed by atoms with Crippen LogP contribution in [0.15, 0.2) is 0 Å². The average Bonchev–Trinajstić information content (AvgIpc) is 2.08. The highest BCUT2D eigenvalue weighted by Crippen LogP contribution is 2.20. The highest BCUT2D eigenvalue weighted by Gasteiger charge is 2.29. The summed E-state index contributed by atoms with van der Waals surface area (Å²) in [4.78, 5) is 12.8. The SMILES string of the molecule is COC[C@H]1CC[C@@H](C(=O)O)CN1C. The second kappa shape index (κ2) is 4.58. The Morgan fingerprint density at radius 3 is 2.77 bits per heavy atom. The molecule has 1 aliphatic heterocycles. The van der Waals surface area contributed by atoms with Gasteiger partial charge in [-0.15, -0.1) is 0 Å². The Balaban J connectivity index is 2.41. The van der Waals surface area contributed by atoms with Gasteiger partial charge in [-0.1, -0.05) is 0 Å². The standard InChI is InChI=1S/C9H17NO3/c1-10-5-7(9(11)12)3-4-8(10)6-13-2/h7-8H,3-6H2,1-2H3,(H,11,12)/t7-,8-/m1/s1. The normalized spacial score (nSPS) is 30.3. The lowest BCUT2D eigenvalue weighted by molar-refractivity contribution is -0.144. The highest BCUT2D eigenvalue weighted by molar-refractivity contribution is 5.70. The third-order valence-electron chi connectivity index (χ3n) is 2.69. The lowest BCUT2D eigenvalue weighted by Gasteiger charge is -2.35. The number of carboxylic acids is 1. The Bertz CT molecular complexity index is 184. The van der Waals surface area contributed by atoms with Crippen molar-refractivity contribution in [3.8, 4) is 0 Å². The van der Waals surface area contributed by atoms with E-state index < -0.39 is 5.97 Å². The molecule has 0 spiro atoms. The maximum Gasteiger partial charge on any atom is 0.307 e. The molecule has 76 valence electrons. The average molecular weight is 187 g/mol. The van der Waals surface area contributed by atoms with Crippen molar-refractivity contribution in [2.24, 2.45) is 5.92 Å². The van der Waals surface area contributed by atoms with Crippen LogP contribution in [0.3, 0.4) is 0 Å². The van der Waals surface area contributed by atoms with Gasteiger partial charge in [0.05, 0.1) is 12.5 Å². The second-order valence-electron chi connectivity index (χ2n) is 3.66. The molecular formula is C9H17NO3. The highest BCUT2D eigenvalue weighted by atomic mass is 16.5. The van der Waals surface area contributed by atoms with Crippen LogP contribution in [0.25, 0.3) is 0 Å². The molecule has 1 saturated heterocycles. The summed E-state index contributed by atoms with van der Waals surface area (Å²) in [5.41, 5.74) is 0. The van der Waals surface area contributed by atoms with Gasteiger partial charge in [-0.2, -0.15) is 0 Å². The Morgan fingerprint density at radius 2 is 2.31 bits per heavy atom. The Kier molecular flexibility index (Phi) is 3.69. The summed E-state index contributed by atoms with van der Waals surface area (Å²) in [5.74, 6) is -0.874. The van der Waals surface area contributed by atoms with E-state index in [1.165, 1.54) is 0 Å². The fraction of sp³-hybridized carbons (Fsp3) is 0.889. The molecule has 0 aromatic heterocycles. The summed E-state index contributed by atoms with van der Waals surface area (Å²) in [7, 11) is 3.63. The van der Waals surface area contributed by atoms with Crippen LogP contribution in [0.5, 0.6) is 0 Å². The van der Waals surface area contributed by atoms with Gasteiger partial charge < -0.3 is 14.7 Å². The zero-order valence-electron chi connectivity index (χ0n) is 8.19. The van der Waals surface area contributed by atoms with Gasteiger partial charge >= 0.3 is 5.97 Å². The van der Waals surface area contributed by atoms with Gasteiger partial charge in [0.1, 0.15) is 0 Å². The van der Waals surface area contributed by atoms with Crippen molar-refractivity contribution >= 4 is 5.97 Å². The van der Waals surface area contributed by atoms with Crippen LogP contribution >= 0.6 is 0 Å². The fourth-order valence-electron chi connectivity index (χ4n) is 1.81. The van der Waals surface area contributed by atoms with E-state index in [-0.39, 0.29) is 5.92 Å². The fourth-order valence-corrected chi connectivity index (χ4v) is 1.81. The van der Waals surface area contributed by atoms with Gasteiger partial charge in [-0.05, 0) is 19.9 Å². The minimum Gasteiger partial charge on any atom is -0.481 e. The first-order valence-corrected chi connectivity index (χ1v) is 4.57. The second-order valence-corrected chi connectivity index (χ2v) is 3.66. The summed E-state index contributed by atoms with van der Waals surface area (Å²) < 4.78 is 5.06. The molecule has 1 heterocycles. The third-order valence-corrected chi connectivity index (χ3v) is 2.69. The van der Waals surface area contributed by atoms with Crippen molar-refractivity contribution in [1.29, 1.82) is 0 Å². The van der Waals surface area contributed by atoms with Gasteiger partial charge in [0.15, 0.2) is 0 Å². The molecule has 0 aromatic rings. The molecule has 1 aliphatic rings. The molecule has 1 rings (SSSR count). The van der Waals surface area contributed by atoms with E-state index in [0.29, 0.717) is 19.2 Å². The van der Waals surface area contributed by atoms with Crippen molar-refractivity contribution in [2.45, 2.75) is 18.9 Å². The Labute approximate surface area is 78.5 Å². The van der Waals surface area contributed by atoms with E-state index in [1.807, 2.05) is 7.05 Å². The third kappa shape index (κ3) is 2.67. The van der Waals surface area contributed by atoms with E-state index in [2.05, 4.69) is 4.90 Å². The smallest absolute Gasteiger partial charge is 0.307 e. The molecule has 0 radical (unpaired) electrons. The van der Waals surface area contributed by atoms with E-state index in [1.54, 1.807) is 7.11 Å². The maximum absolute atomic E-state index is 10.7. The number of ether oxygens (including phenoxy) is 1. The minimum absolute atomic E-state index is 0.196. The van der Waals surface area contributed by atoms with Gasteiger partial charge in [-0.25, -0.2) is 0 Å². The molecule has 0 unspecified atom stereocenters. The van der Waals surface area contributed by atoms with Crippen molar-refractivity contribution in [2.75, 3.05) is 27.3 Å². The number of likely N-dealkylation sites (N-methyl/N-ethyl adjacent to an activating group) is 1. The lowest BCUT2D eigenvalue weighted by atomic mass is 9.94. The Morgan fingerprint density at radius 1 is 1.62 bits per heavy atom. The monoisotopic (exact) mass is 187 g/mol. The molecule has 1 fully saturated rings.